The van der Waals surface area contributed by atoms with Crippen LogP contribution in [0.1, 0.15) is 11.1 Å². The molecule has 0 saturated carbocycles. The van der Waals surface area contributed by atoms with Crippen LogP contribution in [-0.4, -0.2) is 24.1 Å². The van der Waals surface area contributed by atoms with Crippen LogP contribution >= 0.6 is 0 Å². The van der Waals surface area contributed by atoms with Crippen LogP contribution in [0.3, 0.4) is 0 Å². The van der Waals surface area contributed by atoms with Gasteiger partial charge in [0.15, 0.2) is 0 Å². The van der Waals surface area contributed by atoms with Crippen molar-refractivity contribution in [3.63, 3.8) is 0 Å². The Morgan fingerprint density at radius 1 is 1.35 bits per heavy atom. The molecule has 1 N–H and O–H groups in total. The molecule has 0 aliphatic carbocycles. The maximum absolute atomic E-state index is 11.5. The third kappa shape index (κ3) is 2.17. The number of benzene rings is 1. The normalized spacial score (nSPS) is 11.3. The molecule has 0 fully saturated rings. The Labute approximate surface area is 99.1 Å². The Morgan fingerprint density at radius 3 is 2.71 bits per heavy atom. The number of phenolic OH excluding ortho intramolecular Hbond substituents is 1. The fourth-order valence-corrected chi connectivity index (χ4v) is 1.80. The van der Waals surface area contributed by atoms with Crippen LogP contribution in [0.25, 0.3) is 11.0 Å². The van der Waals surface area contributed by atoms with Crippen LogP contribution in [0, 0.1) is 6.92 Å². The van der Waals surface area contributed by atoms with E-state index in [0.717, 1.165) is 5.39 Å². The first-order chi connectivity index (χ1) is 7.99. The molecule has 4 heteroatoms. The second-order valence-corrected chi connectivity index (χ2v) is 4.44. The molecule has 1 heterocycles. The summed E-state index contributed by atoms with van der Waals surface area (Å²) < 4.78 is 5.26. The van der Waals surface area contributed by atoms with Gasteiger partial charge in [-0.3, -0.25) is 0 Å². The zero-order chi connectivity index (χ0) is 12.6. The highest BCUT2D eigenvalue weighted by Crippen LogP contribution is 2.27. The molecule has 0 bridgehead atoms. The number of phenols is 1. The highest BCUT2D eigenvalue weighted by atomic mass is 16.4. The molecular weight excluding hydrogens is 218 g/mol. The zero-order valence-corrected chi connectivity index (χ0v) is 10.2. The molecule has 0 saturated heterocycles. The first-order valence-corrected chi connectivity index (χ1v) is 5.39. The molecule has 0 aliphatic rings. The Morgan fingerprint density at radius 2 is 2.06 bits per heavy atom. The number of hydrogen-bond donors (Lipinski definition) is 1. The van der Waals surface area contributed by atoms with Gasteiger partial charge in [-0.1, -0.05) is 0 Å². The molecule has 17 heavy (non-hydrogen) atoms. The molecule has 0 radical (unpaired) electrons. The van der Waals surface area contributed by atoms with E-state index >= 15 is 0 Å². The van der Waals surface area contributed by atoms with Crippen molar-refractivity contribution < 1.29 is 9.52 Å². The molecule has 0 spiro atoms. The minimum absolute atomic E-state index is 0.151. The van der Waals surface area contributed by atoms with E-state index in [4.69, 9.17) is 4.42 Å². The van der Waals surface area contributed by atoms with Crippen molar-refractivity contribution in [3.05, 3.63) is 39.7 Å². The molecule has 0 unspecified atom stereocenters. The van der Waals surface area contributed by atoms with E-state index in [9.17, 15) is 9.90 Å². The molecule has 1 aromatic heterocycles. The van der Waals surface area contributed by atoms with E-state index in [-0.39, 0.29) is 11.4 Å². The average Bonchev–Trinajstić information content (AvgIpc) is 2.25. The third-order valence-corrected chi connectivity index (χ3v) is 2.63. The summed E-state index contributed by atoms with van der Waals surface area (Å²) in [6.45, 7) is 2.24. The lowest BCUT2D eigenvalue weighted by Crippen LogP contribution is -2.12. The maximum atomic E-state index is 11.5. The minimum atomic E-state index is -0.358. The highest BCUT2D eigenvalue weighted by molar-refractivity contribution is 5.82. The first kappa shape index (κ1) is 11.7. The van der Waals surface area contributed by atoms with Gasteiger partial charge in [-0.15, -0.1) is 0 Å². The molecule has 0 amide bonds. The summed E-state index contributed by atoms with van der Waals surface area (Å²) >= 11 is 0. The fraction of sp³-hybridized carbons (Fsp3) is 0.308. The van der Waals surface area contributed by atoms with E-state index < -0.39 is 0 Å². The van der Waals surface area contributed by atoms with Gasteiger partial charge in [0, 0.05) is 17.5 Å². The van der Waals surface area contributed by atoms with Gasteiger partial charge in [0.2, 0.25) is 0 Å². The molecule has 0 aliphatic heterocycles. The van der Waals surface area contributed by atoms with Gasteiger partial charge in [0.25, 0.3) is 0 Å². The fourth-order valence-electron chi connectivity index (χ4n) is 1.80. The van der Waals surface area contributed by atoms with Gasteiger partial charge in [-0.2, -0.15) is 0 Å². The van der Waals surface area contributed by atoms with Crippen LogP contribution in [0.15, 0.2) is 27.4 Å². The zero-order valence-electron chi connectivity index (χ0n) is 10.2. The van der Waals surface area contributed by atoms with Gasteiger partial charge in [0.1, 0.15) is 11.3 Å². The highest BCUT2D eigenvalue weighted by Gasteiger charge is 2.11. The first-order valence-electron chi connectivity index (χ1n) is 5.39. The number of rotatable bonds is 2. The van der Waals surface area contributed by atoms with E-state index in [0.29, 0.717) is 23.3 Å². The smallest absolute Gasteiger partial charge is 0.339 e. The number of aromatic hydroxyl groups is 1. The lowest BCUT2D eigenvalue weighted by molar-refractivity contribution is 0.383. The number of hydrogen-bond acceptors (Lipinski definition) is 4. The van der Waals surface area contributed by atoms with Gasteiger partial charge in [0.05, 0.1) is 5.56 Å². The topological polar surface area (TPSA) is 53.7 Å². The van der Waals surface area contributed by atoms with Gasteiger partial charge < -0.3 is 14.4 Å². The molecule has 1 aromatic carbocycles. The van der Waals surface area contributed by atoms with Gasteiger partial charge in [-0.05, 0) is 39.2 Å². The molecule has 4 nitrogen and oxygen atoms in total. The SMILES string of the molecule is Cc1cc2ccc(O)c(CN(C)C)c2oc1=O. The summed E-state index contributed by atoms with van der Waals surface area (Å²) in [4.78, 5) is 13.4. The summed E-state index contributed by atoms with van der Waals surface area (Å²) in [5, 5.41) is 10.7. The lowest BCUT2D eigenvalue weighted by atomic mass is 10.1. The van der Waals surface area contributed by atoms with Crippen LogP contribution in [0.2, 0.25) is 0 Å². The molecular formula is C13H15NO3. The molecule has 0 atom stereocenters. The standard InChI is InChI=1S/C13H15NO3/c1-8-6-9-4-5-11(15)10(7-14(2)3)12(9)17-13(8)16/h4-6,15H,7H2,1-3H3. The Balaban J connectivity index is 2.75. The Bertz CT molecular complexity index is 614. The summed E-state index contributed by atoms with van der Waals surface area (Å²) in [7, 11) is 3.79. The van der Waals surface area contributed by atoms with Crippen LogP contribution in [0.5, 0.6) is 5.75 Å². The van der Waals surface area contributed by atoms with Gasteiger partial charge in [-0.25, -0.2) is 4.79 Å². The van der Waals surface area contributed by atoms with Crippen LogP contribution in [0.4, 0.5) is 0 Å². The van der Waals surface area contributed by atoms with Crippen molar-refractivity contribution in [2.45, 2.75) is 13.5 Å². The second kappa shape index (κ2) is 4.22. The molecule has 90 valence electrons. The van der Waals surface area contributed by atoms with E-state index in [1.807, 2.05) is 19.0 Å². The predicted molar refractivity (Wildman–Crippen MR) is 66.3 cm³/mol. The predicted octanol–water partition coefficient (Wildman–Crippen LogP) is 1.87. The van der Waals surface area contributed by atoms with Crippen LogP contribution in [-0.2, 0) is 6.54 Å². The van der Waals surface area contributed by atoms with Crippen molar-refractivity contribution >= 4 is 11.0 Å². The number of nitrogens with zero attached hydrogens (tertiary/aromatic N) is 1. The largest absolute Gasteiger partial charge is 0.507 e. The molecule has 2 rings (SSSR count). The average molecular weight is 233 g/mol. The van der Waals surface area contributed by atoms with Crippen LogP contribution < -0.4 is 5.63 Å². The monoisotopic (exact) mass is 233 g/mol. The minimum Gasteiger partial charge on any atom is -0.507 e. The van der Waals surface area contributed by atoms with Crippen molar-refractivity contribution in [1.29, 1.82) is 0 Å². The second-order valence-electron chi connectivity index (χ2n) is 4.44. The lowest BCUT2D eigenvalue weighted by Gasteiger charge is -2.12. The molecule has 2 aromatic rings. The summed E-state index contributed by atoms with van der Waals surface area (Å²) in [6, 6.07) is 5.15. The number of aryl methyl sites for hydroxylation is 1. The third-order valence-electron chi connectivity index (χ3n) is 2.63. The summed E-state index contributed by atoms with van der Waals surface area (Å²) in [6.07, 6.45) is 0. The Hall–Kier alpha value is -1.81. The summed E-state index contributed by atoms with van der Waals surface area (Å²) in [5.41, 5.74) is 1.32. The maximum Gasteiger partial charge on any atom is 0.339 e. The number of fused-ring (bicyclic) bond motifs is 1. The van der Waals surface area contributed by atoms with E-state index in [1.165, 1.54) is 0 Å². The van der Waals surface area contributed by atoms with Gasteiger partial charge >= 0.3 is 5.63 Å². The Kier molecular flexibility index (Phi) is 2.90. The van der Waals surface area contributed by atoms with Crippen molar-refractivity contribution in [2.24, 2.45) is 0 Å². The van der Waals surface area contributed by atoms with E-state index in [1.54, 1.807) is 25.1 Å². The van der Waals surface area contributed by atoms with Crippen molar-refractivity contribution in [3.8, 4) is 5.75 Å². The van der Waals surface area contributed by atoms with Crippen molar-refractivity contribution in [2.75, 3.05) is 14.1 Å². The van der Waals surface area contributed by atoms with E-state index in [2.05, 4.69) is 0 Å². The summed E-state index contributed by atoms with van der Waals surface area (Å²) in [5.74, 6) is 0.151. The quantitative estimate of drug-likeness (QED) is 0.804. The van der Waals surface area contributed by atoms with Crippen molar-refractivity contribution in [1.82, 2.24) is 4.90 Å².